The molecule has 0 bridgehead atoms. The standard InChI is InChI=1S/C28H24FN5O4S/c1-38-26-15-23(39(2,36)37)11-12-24(26)31-28-32-27-16-30-25(17-34(27)33-28)20-7-3-18(4-8-20)13-22(35)14-19-5-9-21(29)10-6-19/h3-12,15-17H,13-14H2,1-2H3,(H,31,33). The third kappa shape index (κ3) is 6.10. The molecular formula is C28H24FN5O4S. The molecule has 2 heterocycles. The van der Waals surface area contributed by atoms with Crippen LogP contribution >= 0.6 is 0 Å². The third-order valence-corrected chi connectivity index (χ3v) is 7.14. The van der Waals surface area contributed by atoms with E-state index >= 15 is 0 Å². The van der Waals surface area contributed by atoms with E-state index in [1.165, 1.54) is 31.4 Å². The minimum atomic E-state index is -3.38. The number of hydrogen-bond donors (Lipinski definition) is 1. The Balaban J connectivity index is 1.29. The maximum absolute atomic E-state index is 13.1. The number of Topliss-reactive ketones (excluding diaryl/α,β-unsaturated/α-hetero) is 1. The molecule has 0 saturated carbocycles. The van der Waals surface area contributed by atoms with E-state index in [9.17, 15) is 17.6 Å². The van der Waals surface area contributed by atoms with Crippen LogP contribution in [0.15, 0.2) is 84.0 Å². The van der Waals surface area contributed by atoms with Gasteiger partial charge in [-0.05, 0) is 35.4 Å². The zero-order chi connectivity index (χ0) is 27.6. The van der Waals surface area contributed by atoms with Crippen molar-refractivity contribution in [2.75, 3.05) is 18.7 Å². The van der Waals surface area contributed by atoms with E-state index in [0.29, 0.717) is 22.8 Å². The molecule has 0 fully saturated rings. The van der Waals surface area contributed by atoms with Crippen LogP contribution in [0.25, 0.3) is 16.9 Å². The lowest BCUT2D eigenvalue weighted by atomic mass is 10.0. The van der Waals surface area contributed by atoms with Gasteiger partial charge in [0, 0.05) is 30.7 Å². The number of benzene rings is 3. The van der Waals surface area contributed by atoms with Crippen LogP contribution in [0.5, 0.6) is 5.75 Å². The second-order valence-corrected chi connectivity index (χ2v) is 11.0. The molecule has 0 aliphatic carbocycles. The molecule has 0 aliphatic heterocycles. The van der Waals surface area contributed by atoms with Gasteiger partial charge in [0.2, 0.25) is 5.95 Å². The fourth-order valence-electron chi connectivity index (χ4n) is 4.04. The Labute approximate surface area is 224 Å². The molecule has 5 aromatic rings. The van der Waals surface area contributed by atoms with E-state index in [4.69, 9.17) is 4.74 Å². The number of nitrogens with zero attached hydrogens (tertiary/aromatic N) is 4. The maximum atomic E-state index is 13.1. The minimum absolute atomic E-state index is 0.0409. The van der Waals surface area contributed by atoms with Crippen molar-refractivity contribution in [3.8, 4) is 17.0 Å². The lowest BCUT2D eigenvalue weighted by molar-refractivity contribution is -0.117. The Bertz CT molecular complexity index is 1770. The van der Waals surface area contributed by atoms with Crippen molar-refractivity contribution in [3.63, 3.8) is 0 Å². The Morgan fingerprint density at radius 2 is 1.67 bits per heavy atom. The second kappa shape index (κ2) is 10.6. The van der Waals surface area contributed by atoms with Crippen molar-refractivity contribution in [2.24, 2.45) is 0 Å². The zero-order valence-electron chi connectivity index (χ0n) is 21.1. The molecule has 0 unspecified atom stereocenters. The van der Waals surface area contributed by atoms with Gasteiger partial charge in [0.15, 0.2) is 15.5 Å². The normalized spacial score (nSPS) is 11.5. The summed E-state index contributed by atoms with van der Waals surface area (Å²) < 4.78 is 43.7. The van der Waals surface area contributed by atoms with E-state index < -0.39 is 9.84 Å². The van der Waals surface area contributed by atoms with E-state index in [0.717, 1.165) is 22.9 Å². The fourth-order valence-corrected chi connectivity index (χ4v) is 4.67. The molecule has 0 radical (unpaired) electrons. The highest BCUT2D eigenvalue weighted by atomic mass is 32.2. The lowest BCUT2D eigenvalue weighted by Gasteiger charge is -2.10. The van der Waals surface area contributed by atoms with Crippen LogP contribution in [-0.4, -0.2) is 47.1 Å². The van der Waals surface area contributed by atoms with Gasteiger partial charge >= 0.3 is 0 Å². The summed E-state index contributed by atoms with van der Waals surface area (Å²) in [6, 6.07) is 18.0. The van der Waals surface area contributed by atoms with Crippen molar-refractivity contribution < 1.29 is 22.3 Å². The molecule has 198 valence electrons. The van der Waals surface area contributed by atoms with Crippen LogP contribution in [0.3, 0.4) is 0 Å². The van der Waals surface area contributed by atoms with Gasteiger partial charge in [0.1, 0.15) is 17.3 Å². The quantitative estimate of drug-likeness (QED) is 0.289. The highest BCUT2D eigenvalue weighted by molar-refractivity contribution is 7.90. The highest BCUT2D eigenvalue weighted by Gasteiger charge is 2.14. The second-order valence-electron chi connectivity index (χ2n) is 8.99. The summed E-state index contributed by atoms with van der Waals surface area (Å²) in [6.45, 7) is 0. The van der Waals surface area contributed by atoms with E-state index in [2.05, 4.69) is 20.4 Å². The summed E-state index contributed by atoms with van der Waals surface area (Å²) in [5.74, 6) is 0.341. The molecule has 0 amide bonds. The SMILES string of the molecule is COc1cc(S(C)(=O)=O)ccc1Nc1nc2cnc(-c3ccc(CC(=O)Cc4ccc(F)cc4)cc3)cn2n1. The number of carbonyl (C=O) groups excluding carboxylic acids is 1. The van der Waals surface area contributed by atoms with Crippen LogP contribution in [0.2, 0.25) is 0 Å². The number of fused-ring (bicyclic) bond motifs is 1. The largest absolute Gasteiger partial charge is 0.495 e. The number of carbonyl (C=O) groups is 1. The number of rotatable bonds is 9. The molecule has 39 heavy (non-hydrogen) atoms. The topological polar surface area (TPSA) is 116 Å². The molecule has 0 aliphatic rings. The first-order chi connectivity index (χ1) is 18.7. The minimum Gasteiger partial charge on any atom is -0.495 e. The first kappa shape index (κ1) is 26.0. The van der Waals surface area contributed by atoms with Crippen molar-refractivity contribution in [1.82, 2.24) is 19.6 Å². The van der Waals surface area contributed by atoms with Crippen molar-refractivity contribution in [1.29, 1.82) is 0 Å². The number of sulfone groups is 1. The number of hydrogen-bond acceptors (Lipinski definition) is 8. The van der Waals surface area contributed by atoms with E-state index in [1.54, 1.807) is 35.1 Å². The van der Waals surface area contributed by atoms with Crippen molar-refractivity contribution >= 4 is 32.9 Å². The average Bonchev–Trinajstić information content (AvgIpc) is 3.31. The van der Waals surface area contributed by atoms with Crippen LogP contribution in [0.4, 0.5) is 16.0 Å². The summed E-state index contributed by atoms with van der Waals surface area (Å²) in [5.41, 5.74) is 4.18. The van der Waals surface area contributed by atoms with Crippen molar-refractivity contribution in [3.05, 3.63) is 96.1 Å². The van der Waals surface area contributed by atoms with Gasteiger partial charge in [-0.25, -0.2) is 17.3 Å². The van der Waals surface area contributed by atoms with Gasteiger partial charge in [-0.2, -0.15) is 4.98 Å². The van der Waals surface area contributed by atoms with Gasteiger partial charge in [0.25, 0.3) is 0 Å². The summed E-state index contributed by atoms with van der Waals surface area (Å²) in [7, 11) is -1.93. The number of nitrogens with one attached hydrogen (secondary N) is 1. The predicted octanol–water partition coefficient (Wildman–Crippen LogP) is 4.44. The molecule has 9 nitrogen and oxygen atoms in total. The first-order valence-electron chi connectivity index (χ1n) is 11.9. The van der Waals surface area contributed by atoms with Crippen LogP contribution in [-0.2, 0) is 27.5 Å². The number of ether oxygens (including phenoxy) is 1. The molecule has 1 N–H and O–H groups in total. The Morgan fingerprint density at radius 3 is 2.31 bits per heavy atom. The first-order valence-corrected chi connectivity index (χ1v) is 13.8. The summed E-state index contributed by atoms with van der Waals surface area (Å²) in [5, 5.41) is 7.51. The fraction of sp³-hybridized carbons (Fsp3) is 0.143. The highest BCUT2D eigenvalue weighted by Crippen LogP contribution is 2.29. The molecular weight excluding hydrogens is 521 g/mol. The van der Waals surface area contributed by atoms with Crippen LogP contribution in [0.1, 0.15) is 11.1 Å². The maximum Gasteiger partial charge on any atom is 0.247 e. The average molecular weight is 546 g/mol. The van der Waals surface area contributed by atoms with Gasteiger partial charge in [-0.15, -0.1) is 5.10 Å². The summed E-state index contributed by atoms with van der Waals surface area (Å²) in [4.78, 5) is 21.5. The molecule has 11 heteroatoms. The third-order valence-electron chi connectivity index (χ3n) is 6.03. The Kier molecular flexibility index (Phi) is 7.07. The van der Waals surface area contributed by atoms with Gasteiger partial charge < -0.3 is 10.1 Å². The van der Waals surface area contributed by atoms with Crippen LogP contribution in [0, 0.1) is 5.82 Å². The molecule has 3 aromatic carbocycles. The monoisotopic (exact) mass is 545 g/mol. The summed E-state index contributed by atoms with van der Waals surface area (Å²) in [6.07, 6.45) is 4.99. The smallest absolute Gasteiger partial charge is 0.247 e. The molecule has 2 aromatic heterocycles. The van der Waals surface area contributed by atoms with E-state index in [-0.39, 0.29) is 35.3 Å². The molecule has 5 rings (SSSR count). The number of anilines is 2. The molecule has 0 atom stereocenters. The number of methoxy groups -OCH3 is 1. The number of aromatic nitrogens is 4. The summed E-state index contributed by atoms with van der Waals surface area (Å²) >= 11 is 0. The molecule has 0 spiro atoms. The lowest BCUT2D eigenvalue weighted by Crippen LogP contribution is -2.06. The van der Waals surface area contributed by atoms with Gasteiger partial charge in [-0.1, -0.05) is 36.4 Å². The molecule has 0 saturated heterocycles. The number of ketones is 1. The van der Waals surface area contributed by atoms with Crippen LogP contribution < -0.4 is 10.1 Å². The van der Waals surface area contributed by atoms with Crippen molar-refractivity contribution in [2.45, 2.75) is 17.7 Å². The Hall–Kier alpha value is -4.64. The van der Waals surface area contributed by atoms with E-state index in [1.807, 2.05) is 24.3 Å². The van der Waals surface area contributed by atoms with Gasteiger partial charge in [-0.3, -0.25) is 9.78 Å². The number of halogens is 1. The zero-order valence-corrected chi connectivity index (χ0v) is 21.9. The Morgan fingerprint density at radius 1 is 1.00 bits per heavy atom. The predicted molar refractivity (Wildman–Crippen MR) is 144 cm³/mol. The van der Waals surface area contributed by atoms with Gasteiger partial charge in [0.05, 0.1) is 35.8 Å².